The first kappa shape index (κ1) is 14.0. The minimum absolute atomic E-state index is 0.00131. The number of nitrogens with one attached hydrogen (secondary N) is 2. The van der Waals surface area contributed by atoms with Crippen LogP contribution in [0, 0.1) is 0 Å². The van der Waals surface area contributed by atoms with Gasteiger partial charge in [-0.1, -0.05) is 27.5 Å². The molecule has 0 aliphatic rings. The van der Waals surface area contributed by atoms with Crippen molar-refractivity contribution in [1.82, 2.24) is 10.2 Å². The Morgan fingerprint density at radius 1 is 1.26 bits per heavy atom. The minimum atomic E-state index is -3.86. The van der Waals surface area contributed by atoms with Crippen molar-refractivity contribution in [2.24, 2.45) is 0 Å². The Morgan fingerprint density at radius 3 is 2.58 bits per heavy atom. The first-order valence-electron chi connectivity index (χ1n) is 4.92. The molecule has 1 aromatic carbocycles. The van der Waals surface area contributed by atoms with E-state index in [4.69, 9.17) is 11.6 Å². The van der Waals surface area contributed by atoms with Crippen LogP contribution in [0.4, 0.5) is 5.82 Å². The molecule has 0 atom stereocenters. The van der Waals surface area contributed by atoms with Crippen LogP contribution in [0.15, 0.2) is 44.5 Å². The van der Waals surface area contributed by atoms with E-state index in [0.29, 0.717) is 4.47 Å². The Bertz CT molecular complexity index is 755. The highest BCUT2D eigenvalue weighted by atomic mass is 79.9. The molecule has 0 aliphatic carbocycles. The quantitative estimate of drug-likeness (QED) is 0.871. The molecule has 9 heteroatoms. The summed E-state index contributed by atoms with van der Waals surface area (Å²) in [6.45, 7) is 0. The van der Waals surface area contributed by atoms with Crippen molar-refractivity contribution in [2.75, 3.05) is 4.72 Å². The summed E-state index contributed by atoms with van der Waals surface area (Å²) in [5.74, 6) is -0.00131. The summed E-state index contributed by atoms with van der Waals surface area (Å²) in [6, 6.07) is 6.80. The average Bonchev–Trinajstić information content (AvgIpc) is 2.31. The molecule has 19 heavy (non-hydrogen) atoms. The molecule has 1 aromatic heterocycles. The van der Waals surface area contributed by atoms with Crippen LogP contribution in [-0.2, 0) is 10.0 Å². The van der Waals surface area contributed by atoms with E-state index in [1.807, 2.05) is 0 Å². The van der Waals surface area contributed by atoms with Gasteiger partial charge in [0.1, 0.15) is 4.90 Å². The predicted octanol–water partition coefficient (Wildman–Crippen LogP) is 1.99. The molecule has 0 saturated heterocycles. The standard InChI is InChI=1S/C10H7BrClN3O3S/c11-6-1-2-8(7(12)5-6)19(17,18)15-9-3-4-10(16)14-13-9/h1-5H,(H,13,15)(H,14,16). The molecule has 0 fully saturated rings. The summed E-state index contributed by atoms with van der Waals surface area (Å²) in [4.78, 5) is 10.7. The Kier molecular flexibility index (Phi) is 3.93. The molecule has 1 heterocycles. The number of hydrogen-bond donors (Lipinski definition) is 2. The molecule has 2 aromatic rings. The number of nitrogens with zero attached hydrogens (tertiary/aromatic N) is 1. The zero-order valence-corrected chi connectivity index (χ0v) is 12.4. The first-order valence-corrected chi connectivity index (χ1v) is 7.57. The molecule has 0 unspecified atom stereocenters. The lowest BCUT2D eigenvalue weighted by Gasteiger charge is -2.08. The SMILES string of the molecule is O=c1ccc(NS(=O)(=O)c2ccc(Br)cc2Cl)n[nH]1. The fourth-order valence-corrected chi connectivity index (χ4v) is 3.33. The molecule has 0 aliphatic heterocycles. The number of aromatic amines is 1. The number of aromatic nitrogens is 2. The molecular formula is C10H7BrClN3O3S. The fraction of sp³-hybridized carbons (Fsp3) is 0. The summed E-state index contributed by atoms with van der Waals surface area (Å²) in [6.07, 6.45) is 0. The van der Waals surface area contributed by atoms with E-state index in [-0.39, 0.29) is 15.7 Å². The summed E-state index contributed by atoms with van der Waals surface area (Å²) in [5.41, 5.74) is -0.426. The number of halogens is 2. The number of rotatable bonds is 3. The lowest BCUT2D eigenvalue weighted by molar-refractivity contribution is 0.601. The van der Waals surface area contributed by atoms with Gasteiger partial charge in [-0.3, -0.25) is 9.52 Å². The summed E-state index contributed by atoms with van der Waals surface area (Å²) >= 11 is 9.06. The highest BCUT2D eigenvalue weighted by Crippen LogP contribution is 2.26. The van der Waals surface area contributed by atoms with Gasteiger partial charge in [-0.25, -0.2) is 13.5 Å². The van der Waals surface area contributed by atoms with E-state index >= 15 is 0 Å². The molecular weight excluding hydrogens is 358 g/mol. The number of sulfonamides is 1. The van der Waals surface area contributed by atoms with Crippen molar-refractivity contribution in [3.05, 3.63) is 50.2 Å². The monoisotopic (exact) mass is 363 g/mol. The molecule has 0 bridgehead atoms. The topological polar surface area (TPSA) is 91.9 Å². The van der Waals surface area contributed by atoms with Gasteiger partial charge < -0.3 is 0 Å². The second kappa shape index (κ2) is 5.32. The van der Waals surface area contributed by atoms with Crippen molar-refractivity contribution in [3.63, 3.8) is 0 Å². The lowest BCUT2D eigenvalue weighted by Crippen LogP contribution is -2.16. The van der Waals surface area contributed by atoms with Gasteiger partial charge in [0, 0.05) is 10.5 Å². The van der Waals surface area contributed by atoms with Crippen LogP contribution in [-0.4, -0.2) is 18.6 Å². The van der Waals surface area contributed by atoms with Crippen LogP contribution in [0.3, 0.4) is 0 Å². The highest BCUT2D eigenvalue weighted by Gasteiger charge is 2.18. The molecule has 6 nitrogen and oxygen atoms in total. The third-order valence-electron chi connectivity index (χ3n) is 2.10. The zero-order valence-electron chi connectivity index (χ0n) is 9.22. The van der Waals surface area contributed by atoms with E-state index in [9.17, 15) is 13.2 Å². The largest absolute Gasteiger partial charge is 0.268 e. The Hall–Kier alpha value is -1.38. The smallest absolute Gasteiger partial charge is 0.264 e. The molecule has 100 valence electrons. The second-order valence-electron chi connectivity index (χ2n) is 3.49. The maximum Gasteiger partial charge on any atom is 0.264 e. The minimum Gasteiger partial charge on any atom is -0.268 e. The van der Waals surface area contributed by atoms with Gasteiger partial charge in [0.2, 0.25) is 0 Å². The highest BCUT2D eigenvalue weighted by molar-refractivity contribution is 9.10. The van der Waals surface area contributed by atoms with Crippen molar-refractivity contribution in [3.8, 4) is 0 Å². The molecule has 0 spiro atoms. The van der Waals surface area contributed by atoms with Gasteiger partial charge in [-0.2, -0.15) is 5.10 Å². The van der Waals surface area contributed by atoms with Crippen LogP contribution in [0.1, 0.15) is 0 Å². The van der Waals surface area contributed by atoms with Gasteiger partial charge in [-0.15, -0.1) is 0 Å². The summed E-state index contributed by atoms with van der Waals surface area (Å²) < 4.78 is 27.0. The van der Waals surface area contributed by atoms with Crippen molar-refractivity contribution < 1.29 is 8.42 Å². The van der Waals surface area contributed by atoms with Crippen LogP contribution in [0.2, 0.25) is 5.02 Å². The third-order valence-corrected chi connectivity index (χ3v) is 4.43. The van der Waals surface area contributed by atoms with Gasteiger partial charge in [-0.05, 0) is 24.3 Å². The van der Waals surface area contributed by atoms with E-state index < -0.39 is 15.6 Å². The Balaban J connectivity index is 2.37. The number of anilines is 1. The Labute approximate surface area is 122 Å². The van der Waals surface area contributed by atoms with Gasteiger partial charge in [0.25, 0.3) is 15.6 Å². The van der Waals surface area contributed by atoms with E-state index in [1.54, 1.807) is 6.07 Å². The van der Waals surface area contributed by atoms with Crippen molar-refractivity contribution >= 4 is 43.4 Å². The van der Waals surface area contributed by atoms with Gasteiger partial charge in [0.05, 0.1) is 5.02 Å². The van der Waals surface area contributed by atoms with Crippen LogP contribution in [0.25, 0.3) is 0 Å². The maximum atomic E-state index is 12.1. The van der Waals surface area contributed by atoms with Crippen LogP contribution < -0.4 is 10.3 Å². The number of hydrogen-bond acceptors (Lipinski definition) is 4. The van der Waals surface area contributed by atoms with E-state index in [0.717, 1.165) is 6.07 Å². The first-order chi connectivity index (χ1) is 8.88. The van der Waals surface area contributed by atoms with Crippen molar-refractivity contribution in [1.29, 1.82) is 0 Å². The molecule has 0 saturated carbocycles. The van der Waals surface area contributed by atoms with Crippen molar-refractivity contribution in [2.45, 2.75) is 4.90 Å². The predicted molar refractivity (Wildman–Crippen MR) is 74.8 cm³/mol. The molecule has 0 amide bonds. The fourth-order valence-electron chi connectivity index (χ4n) is 1.29. The molecule has 2 N–H and O–H groups in total. The normalized spacial score (nSPS) is 11.3. The number of H-pyrrole nitrogens is 1. The summed E-state index contributed by atoms with van der Waals surface area (Å²) in [7, 11) is -3.86. The second-order valence-corrected chi connectivity index (χ2v) is 6.46. The average molecular weight is 365 g/mol. The third kappa shape index (κ3) is 3.34. The van der Waals surface area contributed by atoms with Crippen LogP contribution >= 0.6 is 27.5 Å². The maximum absolute atomic E-state index is 12.1. The molecule has 2 rings (SSSR count). The van der Waals surface area contributed by atoms with Crippen LogP contribution in [0.5, 0.6) is 0 Å². The van der Waals surface area contributed by atoms with E-state index in [2.05, 4.69) is 30.8 Å². The summed E-state index contributed by atoms with van der Waals surface area (Å²) in [5, 5.41) is 5.76. The zero-order chi connectivity index (χ0) is 14.0. The lowest BCUT2D eigenvalue weighted by atomic mass is 10.4. The molecule has 0 radical (unpaired) electrons. The van der Waals surface area contributed by atoms with E-state index in [1.165, 1.54) is 18.2 Å². The van der Waals surface area contributed by atoms with Gasteiger partial charge >= 0.3 is 0 Å². The Morgan fingerprint density at radius 2 is 2.00 bits per heavy atom. The number of benzene rings is 1. The van der Waals surface area contributed by atoms with Gasteiger partial charge in [0.15, 0.2) is 5.82 Å².